The van der Waals surface area contributed by atoms with Gasteiger partial charge in [-0.1, -0.05) is 54.6 Å². The topological polar surface area (TPSA) is 117 Å². The molecule has 3 aromatic carbocycles. The molecule has 4 N–H and O–H groups in total. The lowest BCUT2D eigenvalue weighted by molar-refractivity contribution is 0.0705. The lowest BCUT2D eigenvalue weighted by Crippen LogP contribution is -2.20. The van der Waals surface area contributed by atoms with E-state index in [2.05, 4.69) is 10.3 Å². The zero-order valence-electron chi connectivity index (χ0n) is 20.6. The maximum atomic E-state index is 12.8. The van der Waals surface area contributed by atoms with Gasteiger partial charge >= 0.3 is 0 Å². The molecule has 8 nitrogen and oxygen atoms in total. The molecular formula is C29H26Cl2N4O4. The number of fused-ring (bicyclic) bond motifs is 1. The quantitative estimate of drug-likeness (QED) is 0.132. The summed E-state index contributed by atoms with van der Waals surface area (Å²) in [5.74, 6) is 0.0108. The van der Waals surface area contributed by atoms with Crippen LogP contribution in [0.5, 0.6) is 11.5 Å². The first-order valence-electron chi connectivity index (χ1n) is 11.7. The highest BCUT2D eigenvalue weighted by Gasteiger charge is 2.24. The van der Waals surface area contributed by atoms with Crippen molar-refractivity contribution < 1.29 is 19.8 Å². The molecule has 200 valence electrons. The van der Waals surface area contributed by atoms with Crippen LogP contribution in [-0.4, -0.2) is 39.3 Å². The molecule has 1 amide bonds. The molecule has 0 aliphatic carbocycles. The van der Waals surface area contributed by atoms with Gasteiger partial charge in [-0.15, -0.1) is 24.8 Å². The van der Waals surface area contributed by atoms with E-state index in [-0.39, 0.29) is 42.7 Å². The molecule has 0 fully saturated rings. The molecule has 0 bridgehead atoms. The van der Waals surface area contributed by atoms with Gasteiger partial charge in [0.25, 0.3) is 5.91 Å². The zero-order valence-corrected chi connectivity index (χ0v) is 22.2. The number of pyridine rings is 2. The minimum absolute atomic E-state index is 0. The number of carbonyl (C=O) groups is 1. The number of aliphatic hydroxyl groups is 1. The number of aliphatic hydroxyl groups excluding tert-OH is 1. The Morgan fingerprint density at radius 3 is 2.13 bits per heavy atom. The van der Waals surface area contributed by atoms with Gasteiger partial charge < -0.3 is 15.2 Å². The first-order valence-corrected chi connectivity index (χ1v) is 11.7. The second-order valence-corrected chi connectivity index (χ2v) is 8.22. The van der Waals surface area contributed by atoms with Gasteiger partial charge in [0, 0.05) is 35.6 Å². The fourth-order valence-corrected chi connectivity index (χ4v) is 4.07. The fraction of sp³-hybridized carbons (Fsp3) is 0.0690. The largest absolute Gasteiger partial charge is 0.454 e. The van der Waals surface area contributed by atoms with Crippen LogP contribution < -0.4 is 15.5 Å². The lowest BCUT2D eigenvalue weighted by atomic mass is 9.99. The average Bonchev–Trinajstić information content (AvgIpc) is 2.96. The Morgan fingerprint density at radius 2 is 1.49 bits per heavy atom. The summed E-state index contributed by atoms with van der Waals surface area (Å²) in [6, 6.07) is 26.5. The summed E-state index contributed by atoms with van der Waals surface area (Å²) >= 11 is 0. The highest BCUT2D eigenvalue weighted by molar-refractivity contribution is 6.10. The standard InChI is InChI=1S/C29H24N4O4.2ClH/c34-17-16-31-22-12-10-20(11-13-22)19-6-8-21(9-7-19)27-28(37-23-4-2-1-3-5-23)26(29(35)33-36)24-18-30-15-14-25(24)32-27;;/h1-15,18,31,34,36H,16-17H2,(H,33,35);2*1H. The summed E-state index contributed by atoms with van der Waals surface area (Å²) in [7, 11) is 0. The molecule has 5 aromatic rings. The van der Waals surface area contributed by atoms with Crippen molar-refractivity contribution in [2.75, 3.05) is 18.5 Å². The molecule has 10 heteroatoms. The Labute approximate surface area is 237 Å². The molecule has 0 atom stereocenters. The van der Waals surface area contributed by atoms with Gasteiger partial charge in [-0.05, 0) is 41.5 Å². The predicted octanol–water partition coefficient (Wildman–Crippen LogP) is 6.12. The average molecular weight is 565 g/mol. The van der Waals surface area contributed by atoms with Crippen LogP contribution in [0.25, 0.3) is 33.3 Å². The number of nitrogens with zero attached hydrogens (tertiary/aromatic N) is 2. The molecule has 0 saturated heterocycles. The van der Waals surface area contributed by atoms with E-state index in [0.29, 0.717) is 28.9 Å². The number of amides is 1. The number of hydroxylamine groups is 1. The van der Waals surface area contributed by atoms with Gasteiger partial charge in [-0.2, -0.15) is 0 Å². The summed E-state index contributed by atoms with van der Waals surface area (Å²) in [5.41, 5.74) is 6.56. The van der Waals surface area contributed by atoms with Gasteiger partial charge in [0.2, 0.25) is 0 Å². The smallest absolute Gasteiger partial charge is 0.279 e. The van der Waals surface area contributed by atoms with E-state index in [9.17, 15) is 10.0 Å². The molecular weight excluding hydrogens is 539 g/mol. The lowest BCUT2D eigenvalue weighted by Gasteiger charge is -2.17. The molecule has 0 radical (unpaired) electrons. The second kappa shape index (κ2) is 13.5. The van der Waals surface area contributed by atoms with Crippen molar-refractivity contribution in [2.24, 2.45) is 0 Å². The number of aromatic nitrogens is 2. The Hall–Kier alpha value is -4.21. The molecule has 2 heterocycles. The van der Waals surface area contributed by atoms with Crippen LogP contribution in [0, 0.1) is 0 Å². The number of rotatable bonds is 8. The van der Waals surface area contributed by atoms with Crippen LogP contribution in [0.1, 0.15) is 10.4 Å². The number of nitrogens with one attached hydrogen (secondary N) is 2. The van der Waals surface area contributed by atoms with Crippen molar-refractivity contribution in [2.45, 2.75) is 0 Å². The third-order valence-electron chi connectivity index (χ3n) is 5.85. The van der Waals surface area contributed by atoms with Crippen LogP contribution in [-0.2, 0) is 0 Å². The third kappa shape index (κ3) is 6.45. The van der Waals surface area contributed by atoms with E-state index in [1.165, 1.54) is 6.20 Å². The molecule has 0 spiro atoms. The second-order valence-electron chi connectivity index (χ2n) is 8.22. The molecule has 2 aromatic heterocycles. The summed E-state index contributed by atoms with van der Waals surface area (Å²) in [6.07, 6.45) is 3.12. The van der Waals surface area contributed by atoms with Gasteiger partial charge in [-0.3, -0.25) is 15.0 Å². The van der Waals surface area contributed by atoms with E-state index in [1.54, 1.807) is 29.9 Å². The van der Waals surface area contributed by atoms with Gasteiger partial charge in [0.05, 0.1) is 17.7 Å². The van der Waals surface area contributed by atoms with Crippen LogP contribution in [0.4, 0.5) is 5.69 Å². The Morgan fingerprint density at radius 1 is 0.846 bits per heavy atom. The van der Waals surface area contributed by atoms with Crippen molar-refractivity contribution in [1.82, 2.24) is 15.4 Å². The zero-order chi connectivity index (χ0) is 25.6. The first kappa shape index (κ1) is 29.3. The van der Waals surface area contributed by atoms with E-state index < -0.39 is 5.91 Å². The number of anilines is 1. The molecule has 0 aliphatic rings. The maximum Gasteiger partial charge on any atom is 0.279 e. The predicted molar refractivity (Wildman–Crippen MR) is 156 cm³/mol. The number of carbonyl (C=O) groups excluding carboxylic acids is 1. The Kier molecular flexibility index (Phi) is 10.2. The number of ether oxygens (including phenoxy) is 1. The van der Waals surface area contributed by atoms with Crippen molar-refractivity contribution >= 4 is 47.3 Å². The highest BCUT2D eigenvalue weighted by atomic mass is 35.5. The monoisotopic (exact) mass is 564 g/mol. The Bertz CT molecular complexity index is 1530. The molecule has 5 rings (SSSR count). The van der Waals surface area contributed by atoms with Crippen LogP contribution in [0.15, 0.2) is 97.3 Å². The molecule has 0 saturated carbocycles. The minimum atomic E-state index is -0.723. The number of hydrogen-bond acceptors (Lipinski definition) is 7. The van der Waals surface area contributed by atoms with Crippen LogP contribution in [0.3, 0.4) is 0 Å². The van der Waals surface area contributed by atoms with Crippen molar-refractivity contribution in [3.8, 4) is 33.9 Å². The number of halogens is 2. The summed E-state index contributed by atoms with van der Waals surface area (Å²) in [5, 5.41) is 22.1. The molecule has 0 unspecified atom stereocenters. The van der Waals surface area contributed by atoms with Crippen LogP contribution in [0.2, 0.25) is 0 Å². The van der Waals surface area contributed by atoms with Crippen molar-refractivity contribution in [1.29, 1.82) is 0 Å². The fourth-order valence-electron chi connectivity index (χ4n) is 4.07. The number of para-hydroxylation sites is 1. The summed E-state index contributed by atoms with van der Waals surface area (Å²) in [6.45, 7) is 0.562. The van der Waals surface area contributed by atoms with Gasteiger partial charge in [0.15, 0.2) is 5.75 Å². The van der Waals surface area contributed by atoms with Crippen LogP contribution >= 0.6 is 24.8 Å². The van der Waals surface area contributed by atoms with Crippen molar-refractivity contribution in [3.63, 3.8) is 0 Å². The maximum absolute atomic E-state index is 12.8. The van der Waals surface area contributed by atoms with E-state index in [4.69, 9.17) is 14.8 Å². The first-order chi connectivity index (χ1) is 18.2. The summed E-state index contributed by atoms with van der Waals surface area (Å²) < 4.78 is 6.20. The van der Waals surface area contributed by atoms with Crippen molar-refractivity contribution in [3.05, 3.63) is 103 Å². The minimum Gasteiger partial charge on any atom is -0.454 e. The van der Waals surface area contributed by atoms with E-state index in [0.717, 1.165) is 22.4 Å². The third-order valence-corrected chi connectivity index (χ3v) is 5.85. The number of benzene rings is 3. The summed E-state index contributed by atoms with van der Waals surface area (Å²) in [4.78, 5) is 21.8. The Balaban J connectivity index is 0.00000210. The van der Waals surface area contributed by atoms with Gasteiger partial charge in [0.1, 0.15) is 11.4 Å². The van der Waals surface area contributed by atoms with E-state index in [1.807, 2.05) is 66.7 Å². The molecule has 39 heavy (non-hydrogen) atoms. The van der Waals surface area contributed by atoms with E-state index >= 15 is 0 Å². The SMILES string of the molecule is Cl.Cl.O=C(NO)c1c(Oc2ccccc2)c(-c2ccc(-c3ccc(NCCO)cc3)cc2)nc2ccncc12. The van der Waals surface area contributed by atoms with Gasteiger partial charge in [-0.25, -0.2) is 10.5 Å². The number of hydrogen-bond donors (Lipinski definition) is 4. The highest BCUT2D eigenvalue weighted by Crippen LogP contribution is 2.39. The molecule has 0 aliphatic heterocycles. The normalized spacial score (nSPS) is 10.2.